The molecule has 2 nitrogen and oxygen atoms in total. The van der Waals surface area contributed by atoms with Crippen LogP contribution in [-0.4, -0.2) is 25.3 Å². The van der Waals surface area contributed by atoms with Crippen LogP contribution in [0, 0.1) is 11.8 Å². The maximum Gasteiger partial charge on any atom is 0.160 e. The van der Waals surface area contributed by atoms with E-state index in [9.17, 15) is 0 Å². The van der Waals surface area contributed by atoms with Crippen molar-refractivity contribution in [1.82, 2.24) is 0 Å². The van der Waals surface area contributed by atoms with E-state index in [-0.39, 0.29) is 6.29 Å². The average molecular weight is 288 g/mol. The van der Waals surface area contributed by atoms with E-state index < -0.39 is 0 Å². The first-order valence-corrected chi connectivity index (χ1v) is 8.61. The van der Waals surface area contributed by atoms with Gasteiger partial charge in [-0.25, -0.2) is 0 Å². The van der Waals surface area contributed by atoms with Crippen molar-refractivity contribution >= 4 is 11.8 Å². The van der Waals surface area contributed by atoms with E-state index in [0.717, 1.165) is 18.6 Å². The second kappa shape index (κ2) is 11.8. The van der Waals surface area contributed by atoms with Crippen molar-refractivity contribution in [3.63, 3.8) is 0 Å². The van der Waals surface area contributed by atoms with Crippen LogP contribution >= 0.6 is 11.8 Å². The topological polar surface area (TPSA) is 18.5 Å². The summed E-state index contributed by atoms with van der Waals surface area (Å²) in [5, 5.41) is 0. The van der Waals surface area contributed by atoms with Gasteiger partial charge in [0.2, 0.25) is 0 Å². The predicted octanol–water partition coefficient (Wildman–Crippen LogP) is 5.09. The van der Waals surface area contributed by atoms with Gasteiger partial charge in [-0.15, -0.1) is 11.8 Å². The predicted molar refractivity (Wildman–Crippen MR) is 86.5 cm³/mol. The molecule has 0 aliphatic rings. The third-order valence-corrected chi connectivity index (χ3v) is 4.35. The van der Waals surface area contributed by atoms with Crippen molar-refractivity contribution in [1.29, 1.82) is 0 Å². The highest BCUT2D eigenvalue weighted by atomic mass is 32.2. The molecule has 0 fully saturated rings. The fourth-order valence-electron chi connectivity index (χ4n) is 2.13. The lowest BCUT2D eigenvalue weighted by Crippen LogP contribution is -2.31. The Bertz CT molecular complexity index is 235. The first-order valence-electron chi connectivity index (χ1n) is 7.63. The van der Waals surface area contributed by atoms with Gasteiger partial charge in [-0.2, -0.15) is 0 Å². The summed E-state index contributed by atoms with van der Waals surface area (Å²) >= 11 is 1.91. The molecule has 0 saturated heterocycles. The summed E-state index contributed by atoms with van der Waals surface area (Å²) in [6.45, 7) is 14.4. The molecule has 0 heterocycles. The minimum atomic E-state index is -0.0689. The minimum absolute atomic E-state index is 0.0689. The van der Waals surface area contributed by atoms with E-state index in [1.165, 1.54) is 4.91 Å². The van der Waals surface area contributed by atoms with Gasteiger partial charge in [-0.3, -0.25) is 0 Å². The van der Waals surface area contributed by atoms with Crippen molar-refractivity contribution in [2.24, 2.45) is 11.8 Å². The summed E-state index contributed by atoms with van der Waals surface area (Å²) in [5.74, 6) is 2.19. The molecule has 2 atom stereocenters. The van der Waals surface area contributed by atoms with Gasteiger partial charge in [0.1, 0.15) is 0 Å². The van der Waals surface area contributed by atoms with Crippen LogP contribution in [0.5, 0.6) is 0 Å². The molecule has 19 heavy (non-hydrogen) atoms. The Labute approximate surface area is 124 Å². The third kappa shape index (κ3) is 8.01. The Balaban J connectivity index is 4.71. The molecule has 0 aliphatic heterocycles. The SMILES string of the molecule is CCOC(OCC)C(CC=C(C)SCC)C(C)CC. The Kier molecular flexibility index (Phi) is 11.8. The summed E-state index contributed by atoms with van der Waals surface area (Å²) in [7, 11) is 0. The van der Waals surface area contributed by atoms with Crippen LogP contribution in [0.3, 0.4) is 0 Å². The number of hydrogen-bond acceptors (Lipinski definition) is 3. The smallest absolute Gasteiger partial charge is 0.160 e. The van der Waals surface area contributed by atoms with Crippen LogP contribution in [0.4, 0.5) is 0 Å². The number of rotatable bonds is 11. The second-order valence-corrected chi connectivity index (χ2v) is 6.32. The third-order valence-electron chi connectivity index (χ3n) is 3.44. The fourth-order valence-corrected chi connectivity index (χ4v) is 2.80. The van der Waals surface area contributed by atoms with Gasteiger partial charge in [-0.05, 0) is 43.8 Å². The van der Waals surface area contributed by atoms with E-state index in [2.05, 4.69) is 33.8 Å². The van der Waals surface area contributed by atoms with Gasteiger partial charge in [-0.1, -0.05) is 33.3 Å². The summed E-state index contributed by atoms with van der Waals surface area (Å²) in [4.78, 5) is 1.41. The largest absolute Gasteiger partial charge is 0.353 e. The Morgan fingerprint density at radius 2 is 1.68 bits per heavy atom. The molecule has 0 bridgehead atoms. The Morgan fingerprint density at radius 3 is 2.11 bits per heavy atom. The van der Waals surface area contributed by atoms with Crippen LogP contribution in [0.25, 0.3) is 0 Å². The van der Waals surface area contributed by atoms with Crippen LogP contribution in [0.15, 0.2) is 11.0 Å². The molecule has 0 amide bonds. The monoisotopic (exact) mass is 288 g/mol. The van der Waals surface area contributed by atoms with Crippen molar-refractivity contribution < 1.29 is 9.47 Å². The Hall–Kier alpha value is 0.01000. The molecule has 0 rings (SSSR count). The molecule has 0 aromatic heterocycles. The van der Waals surface area contributed by atoms with Crippen molar-refractivity contribution in [2.75, 3.05) is 19.0 Å². The average Bonchev–Trinajstić information content (AvgIpc) is 2.39. The number of ether oxygens (including phenoxy) is 2. The van der Waals surface area contributed by atoms with Gasteiger partial charge in [0.25, 0.3) is 0 Å². The minimum Gasteiger partial charge on any atom is -0.353 e. The molecule has 0 N–H and O–H groups in total. The van der Waals surface area contributed by atoms with Crippen LogP contribution in [0.2, 0.25) is 0 Å². The maximum atomic E-state index is 5.80. The van der Waals surface area contributed by atoms with E-state index in [1.54, 1.807) is 0 Å². The van der Waals surface area contributed by atoms with Crippen molar-refractivity contribution in [2.45, 2.75) is 60.7 Å². The van der Waals surface area contributed by atoms with E-state index in [4.69, 9.17) is 9.47 Å². The first-order chi connectivity index (χ1) is 9.10. The van der Waals surface area contributed by atoms with E-state index in [0.29, 0.717) is 25.0 Å². The maximum absolute atomic E-state index is 5.80. The highest BCUT2D eigenvalue weighted by Crippen LogP contribution is 2.28. The molecular formula is C16H32O2S. The number of hydrogen-bond donors (Lipinski definition) is 0. The van der Waals surface area contributed by atoms with Gasteiger partial charge >= 0.3 is 0 Å². The summed E-state index contributed by atoms with van der Waals surface area (Å²) in [5.41, 5.74) is 0. The Morgan fingerprint density at radius 1 is 1.11 bits per heavy atom. The van der Waals surface area contributed by atoms with E-state index in [1.807, 2.05) is 25.6 Å². The summed E-state index contributed by atoms with van der Waals surface area (Å²) < 4.78 is 11.6. The molecule has 0 aromatic rings. The van der Waals surface area contributed by atoms with Crippen LogP contribution in [-0.2, 0) is 9.47 Å². The molecule has 0 aliphatic carbocycles. The molecule has 0 radical (unpaired) electrons. The van der Waals surface area contributed by atoms with Crippen molar-refractivity contribution in [3.05, 3.63) is 11.0 Å². The van der Waals surface area contributed by atoms with E-state index >= 15 is 0 Å². The zero-order valence-corrected chi connectivity index (χ0v) is 14.4. The molecule has 0 aromatic carbocycles. The van der Waals surface area contributed by atoms with Gasteiger partial charge in [0.05, 0.1) is 0 Å². The van der Waals surface area contributed by atoms with Crippen LogP contribution in [0.1, 0.15) is 54.4 Å². The highest BCUT2D eigenvalue weighted by Gasteiger charge is 2.26. The fraction of sp³-hybridized carbons (Fsp3) is 0.875. The normalized spacial score (nSPS) is 15.8. The van der Waals surface area contributed by atoms with Crippen LogP contribution < -0.4 is 0 Å². The lowest BCUT2D eigenvalue weighted by molar-refractivity contribution is -0.176. The van der Waals surface area contributed by atoms with Gasteiger partial charge in [0, 0.05) is 19.1 Å². The molecular weight excluding hydrogens is 256 g/mol. The molecule has 3 heteroatoms. The molecule has 0 saturated carbocycles. The zero-order chi connectivity index (χ0) is 14.7. The zero-order valence-electron chi connectivity index (χ0n) is 13.6. The lowest BCUT2D eigenvalue weighted by atomic mass is 9.88. The summed E-state index contributed by atoms with van der Waals surface area (Å²) in [6.07, 6.45) is 4.48. The molecule has 114 valence electrons. The lowest BCUT2D eigenvalue weighted by Gasteiger charge is -2.30. The van der Waals surface area contributed by atoms with Gasteiger partial charge < -0.3 is 9.47 Å². The van der Waals surface area contributed by atoms with Gasteiger partial charge in [0.15, 0.2) is 6.29 Å². The number of allylic oxidation sites excluding steroid dienone is 2. The number of thioether (sulfide) groups is 1. The second-order valence-electron chi connectivity index (χ2n) is 4.81. The standard InChI is InChI=1S/C16H32O2S/c1-7-13(5)15(12-11-14(6)19-10-4)16(17-8-2)18-9-3/h11,13,15-16H,7-10,12H2,1-6H3. The summed E-state index contributed by atoms with van der Waals surface area (Å²) in [6, 6.07) is 0. The molecule has 0 spiro atoms. The van der Waals surface area contributed by atoms with Crippen molar-refractivity contribution in [3.8, 4) is 0 Å². The molecule has 2 unspecified atom stereocenters. The quantitative estimate of drug-likeness (QED) is 0.493. The highest BCUT2D eigenvalue weighted by molar-refractivity contribution is 8.03. The first kappa shape index (κ1) is 19.0.